The van der Waals surface area contributed by atoms with Gasteiger partial charge in [-0.25, -0.2) is 0 Å². The first kappa shape index (κ1) is 10.9. The molecule has 0 aromatic heterocycles. The average Bonchev–Trinajstić information content (AvgIpc) is 2.20. The van der Waals surface area contributed by atoms with Crippen molar-refractivity contribution in [1.29, 1.82) is 0 Å². The van der Waals surface area contributed by atoms with Crippen LogP contribution >= 0.6 is 35.6 Å². The Labute approximate surface area is 103 Å². The molecule has 0 radical (unpaired) electrons. The number of carbonyl (C=O) groups is 1. The first-order valence-electron chi connectivity index (χ1n) is 4.44. The standard InChI is InChI=1S/C10H8ClNOS2/c11-7-1-3-8(4-2-7)12-9(13)5-6-15-10(12)14/h1-4H,5-6H2. The fourth-order valence-corrected chi connectivity index (χ4v) is 2.71. The maximum absolute atomic E-state index is 11.7. The number of nitrogens with zero attached hydrogens (tertiary/aromatic N) is 1. The molecule has 0 saturated carbocycles. The van der Waals surface area contributed by atoms with Gasteiger partial charge in [0.1, 0.15) is 4.32 Å². The highest BCUT2D eigenvalue weighted by Crippen LogP contribution is 2.26. The molecule has 0 aliphatic carbocycles. The molecule has 1 aromatic carbocycles. The second-order valence-electron chi connectivity index (χ2n) is 3.07. The quantitative estimate of drug-likeness (QED) is 0.721. The molecule has 1 aliphatic rings. The molecular weight excluding hydrogens is 250 g/mol. The maximum Gasteiger partial charge on any atom is 0.233 e. The van der Waals surface area contributed by atoms with Gasteiger partial charge in [-0.3, -0.25) is 9.69 Å². The Kier molecular flexibility index (Phi) is 3.29. The van der Waals surface area contributed by atoms with Gasteiger partial charge in [0, 0.05) is 17.2 Å². The van der Waals surface area contributed by atoms with Crippen molar-refractivity contribution < 1.29 is 4.79 Å². The van der Waals surface area contributed by atoms with Crippen molar-refractivity contribution >= 4 is 51.5 Å². The summed E-state index contributed by atoms with van der Waals surface area (Å²) in [5.41, 5.74) is 0.793. The Morgan fingerprint density at radius 2 is 2.00 bits per heavy atom. The van der Waals surface area contributed by atoms with E-state index < -0.39 is 0 Å². The number of rotatable bonds is 1. The summed E-state index contributed by atoms with van der Waals surface area (Å²) in [6.07, 6.45) is 0.535. The molecule has 1 heterocycles. The van der Waals surface area contributed by atoms with E-state index >= 15 is 0 Å². The summed E-state index contributed by atoms with van der Waals surface area (Å²) in [5.74, 6) is 0.836. The Morgan fingerprint density at radius 1 is 1.33 bits per heavy atom. The molecule has 0 spiro atoms. The molecule has 1 aromatic rings. The number of carbonyl (C=O) groups excluding carboxylic acids is 1. The molecule has 1 saturated heterocycles. The van der Waals surface area contributed by atoms with E-state index in [4.69, 9.17) is 23.8 Å². The number of thioether (sulfide) groups is 1. The van der Waals surface area contributed by atoms with Crippen LogP contribution in [0.3, 0.4) is 0 Å². The van der Waals surface area contributed by atoms with Crippen LogP contribution in [0.1, 0.15) is 6.42 Å². The predicted molar refractivity (Wildman–Crippen MR) is 68.6 cm³/mol. The molecule has 78 valence electrons. The van der Waals surface area contributed by atoms with Crippen molar-refractivity contribution in [3.05, 3.63) is 29.3 Å². The summed E-state index contributed by atoms with van der Waals surface area (Å²) in [6, 6.07) is 7.12. The van der Waals surface area contributed by atoms with Gasteiger partial charge in [0.25, 0.3) is 0 Å². The topological polar surface area (TPSA) is 20.3 Å². The van der Waals surface area contributed by atoms with Gasteiger partial charge >= 0.3 is 0 Å². The van der Waals surface area contributed by atoms with E-state index in [-0.39, 0.29) is 5.91 Å². The molecule has 1 fully saturated rings. The molecule has 1 aliphatic heterocycles. The first-order valence-corrected chi connectivity index (χ1v) is 6.21. The molecule has 0 N–H and O–H groups in total. The third-order valence-corrected chi connectivity index (χ3v) is 3.68. The highest BCUT2D eigenvalue weighted by Gasteiger charge is 2.24. The molecular formula is C10H8ClNOS2. The highest BCUT2D eigenvalue weighted by molar-refractivity contribution is 8.23. The van der Waals surface area contributed by atoms with Crippen molar-refractivity contribution in [1.82, 2.24) is 0 Å². The monoisotopic (exact) mass is 257 g/mol. The van der Waals surface area contributed by atoms with E-state index in [1.165, 1.54) is 11.8 Å². The number of hydrogen-bond donors (Lipinski definition) is 0. The number of anilines is 1. The number of hydrogen-bond acceptors (Lipinski definition) is 3. The fourth-order valence-electron chi connectivity index (χ4n) is 1.34. The molecule has 0 bridgehead atoms. The molecule has 0 atom stereocenters. The lowest BCUT2D eigenvalue weighted by Gasteiger charge is -2.26. The lowest BCUT2D eigenvalue weighted by molar-refractivity contribution is -0.117. The van der Waals surface area contributed by atoms with E-state index in [1.807, 2.05) is 0 Å². The lowest BCUT2D eigenvalue weighted by Crippen LogP contribution is -2.37. The van der Waals surface area contributed by atoms with E-state index in [9.17, 15) is 4.79 Å². The predicted octanol–water partition coefficient (Wildman–Crippen LogP) is 3.09. The average molecular weight is 258 g/mol. The van der Waals surface area contributed by atoms with Crippen LogP contribution in [0.25, 0.3) is 0 Å². The third-order valence-electron chi connectivity index (χ3n) is 2.06. The summed E-state index contributed by atoms with van der Waals surface area (Å²) in [6.45, 7) is 0. The van der Waals surface area contributed by atoms with E-state index in [0.717, 1.165) is 11.4 Å². The molecule has 1 amide bonds. The summed E-state index contributed by atoms with van der Waals surface area (Å²) >= 11 is 12.5. The molecule has 2 rings (SSSR count). The van der Waals surface area contributed by atoms with Gasteiger partial charge in [0.05, 0.1) is 5.69 Å². The van der Waals surface area contributed by atoms with Gasteiger partial charge in [-0.1, -0.05) is 35.6 Å². The van der Waals surface area contributed by atoms with Gasteiger partial charge in [0.15, 0.2) is 0 Å². The van der Waals surface area contributed by atoms with Crippen LogP contribution < -0.4 is 4.90 Å². The molecule has 2 nitrogen and oxygen atoms in total. The Hall–Kier alpha value is -0.580. The van der Waals surface area contributed by atoms with Gasteiger partial charge in [0.2, 0.25) is 5.91 Å². The van der Waals surface area contributed by atoms with E-state index in [0.29, 0.717) is 15.8 Å². The SMILES string of the molecule is O=C1CCSC(=S)N1c1ccc(Cl)cc1. The zero-order valence-corrected chi connectivity index (χ0v) is 10.2. The van der Waals surface area contributed by atoms with Gasteiger partial charge in [-0.05, 0) is 24.3 Å². The smallest absolute Gasteiger partial charge is 0.233 e. The van der Waals surface area contributed by atoms with Crippen molar-refractivity contribution in [2.75, 3.05) is 10.7 Å². The van der Waals surface area contributed by atoms with E-state index in [1.54, 1.807) is 29.2 Å². The summed E-state index contributed by atoms with van der Waals surface area (Å²) < 4.78 is 0.619. The first-order chi connectivity index (χ1) is 7.18. The number of benzene rings is 1. The highest BCUT2D eigenvalue weighted by atomic mass is 35.5. The van der Waals surface area contributed by atoms with Crippen LogP contribution in [0.4, 0.5) is 5.69 Å². The van der Waals surface area contributed by atoms with Crippen LogP contribution in [0.15, 0.2) is 24.3 Å². The Bertz CT molecular complexity index is 388. The maximum atomic E-state index is 11.7. The summed E-state index contributed by atoms with van der Waals surface area (Å²) in [5, 5.41) is 0.654. The fraction of sp³-hybridized carbons (Fsp3) is 0.200. The van der Waals surface area contributed by atoms with Crippen molar-refractivity contribution in [2.45, 2.75) is 6.42 Å². The molecule has 0 unspecified atom stereocenters. The lowest BCUT2D eigenvalue weighted by atomic mass is 10.3. The largest absolute Gasteiger partial charge is 0.274 e. The molecule has 15 heavy (non-hydrogen) atoms. The third kappa shape index (κ3) is 2.33. The van der Waals surface area contributed by atoms with Crippen molar-refractivity contribution in [2.24, 2.45) is 0 Å². The van der Waals surface area contributed by atoms with Gasteiger partial charge < -0.3 is 0 Å². The Balaban J connectivity index is 2.31. The van der Waals surface area contributed by atoms with Crippen molar-refractivity contribution in [3.8, 4) is 0 Å². The zero-order chi connectivity index (χ0) is 10.8. The van der Waals surface area contributed by atoms with Gasteiger partial charge in [-0.2, -0.15) is 0 Å². The van der Waals surface area contributed by atoms with E-state index in [2.05, 4.69) is 0 Å². The van der Waals surface area contributed by atoms with Crippen molar-refractivity contribution in [3.63, 3.8) is 0 Å². The minimum atomic E-state index is 0.0565. The van der Waals surface area contributed by atoms with Crippen LogP contribution in [0.2, 0.25) is 5.02 Å². The van der Waals surface area contributed by atoms with Gasteiger partial charge in [-0.15, -0.1) is 0 Å². The zero-order valence-electron chi connectivity index (χ0n) is 7.77. The van der Waals surface area contributed by atoms with Crippen LogP contribution in [-0.4, -0.2) is 16.0 Å². The minimum Gasteiger partial charge on any atom is -0.274 e. The molecule has 5 heteroatoms. The normalized spacial score (nSPS) is 17.0. The van der Waals surface area contributed by atoms with Crippen LogP contribution in [0, 0.1) is 0 Å². The minimum absolute atomic E-state index is 0.0565. The summed E-state index contributed by atoms with van der Waals surface area (Å²) in [4.78, 5) is 13.3. The number of amides is 1. The Morgan fingerprint density at radius 3 is 2.60 bits per heavy atom. The second-order valence-corrected chi connectivity index (χ2v) is 5.24. The number of halogens is 1. The van der Waals surface area contributed by atoms with Crippen LogP contribution in [0.5, 0.6) is 0 Å². The summed E-state index contributed by atoms with van der Waals surface area (Å²) in [7, 11) is 0. The van der Waals surface area contributed by atoms with Crippen LogP contribution in [-0.2, 0) is 4.79 Å². The number of thiocarbonyl (C=S) groups is 1. The second kappa shape index (κ2) is 4.51.